The van der Waals surface area contributed by atoms with Crippen LogP contribution < -0.4 is 5.32 Å². The Bertz CT molecular complexity index is 569. The predicted molar refractivity (Wildman–Crippen MR) is 77.9 cm³/mol. The molecule has 0 radical (unpaired) electrons. The van der Waals surface area contributed by atoms with E-state index in [9.17, 15) is 13.2 Å². The van der Waals surface area contributed by atoms with E-state index >= 15 is 0 Å². The first kappa shape index (κ1) is 15.3. The van der Waals surface area contributed by atoms with Crippen molar-refractivity contribution in [3.63, 3.8) is 0 Å². The zero-order chi connectivity index (χ0) is 14.8. The van der Waals surface area contributed by atoms with Gasteiger partial charge in [0.1, 0.15) is 5.01 Å². The van der Waals surface area contributed by atoms with Crippen LogP contribution in [0.4, 0.5) is 18.9 Å². The van der Waals surface area contributed by atoms with Crippen LogP contribution in [0.5, 0.6) is 0 Å². The van der Waals surface area contributed by atoms with Crippen LogP contribution >= 0.6 is 27.3 Å². The molecule has 0 saturated carbocycles. The Kier molecular flexibility index (Phi) is 4.70. The van der Waals surface area contributed by atoms with Crippen molar-refractivity contribution in [3.8, 4) is 0 Å². The monoisotopic (exact) mass is 364 g/mol. The smallest absolute Gasteiger partial charge is 0.375 e. The molecule has 1 heterocycles. The maximum atomic E-state index is 13.0. The van der Waals surface area contributed by atoms with Crippen LogP contribution in [0.25, 0.3) is 0 Å². The van der Waals surface area contributed by atoms with Crippen LogP contribution in [0, 0.1) is 0 Å². The summed E-state index contributed by atoms with van der Waals surface area (Å²) in [5.41, 5.74) is -0.607. The summed E-state index contributed by atoms with van der Waals surface area (Å²) in [5, 5.41) is 5.53. The van der Waals surface area contributed by atoms with Gasteiger partial charge in [0, 0.05) is 21.7 Å². The number of rotatable bonds is 4. The average Bonchev–Trinajstić information content (AvgIpc) is 2.88. The van der Waals surface area contributed by atoms with Gasteiger partial charge in [0.05, 0.1) is 11.6 Å². The molecule has 0 aliphatic carbocycles. The van der Waals surface area contributed by atoms with E-state index in [0.717, 1.165) is 11.1 Å². The Morgan fingerprint density at radius 1 is 1.40 bits per heavy atom. The molecule has 2 nitrogen and oxygen atoms in total. The number of halogens is 4. The van der Waals surface area contributed by atoms with Crippen molar-refractivity contribution in [2.75, 3.05) is 5.32 Å². The molecule has 1 aromatic heterocycles. The summed E-state index contributed by atoms with van der Waals surface area (Å²) in [4.78, 5) is 4.16. The summed E-state index contributed by atoms with van der Waals surface area (Å²) in [6, 6.07) is 3.67. The van der Waals surface area contributed by atoms with Crippen molar-refractivity contribution in [2.45, 2.75) is 25.6 Å². The molecule has 0 aliphatic heterocycles. The molecule has 1 unspecified atom stereocenters. The van der Waals surface area contributed by atoms with Gasteiger partial charge in [0.25, 0.3) is 0 Å². The van der Waals surface area contributed by atoms with Crippen molar-refractivity contribution in [1.29, 1.82) is 0 Å². The van der Waals surface area contributed by atoms with Crippen LogP contribution in [0.2, 0.25) is 0 Å². The molecule has 108 valence electrons. The minimum Gasteiger partial charge on any atom is -0.375 e. The highest BCUT2D eigenvalue weighted by Crippen LogP contribution is 2.38. The molecule has 1 aromatic carbocycles. The van der Waals surface area contributed by atoms with Crippen LogP contribution in [0.3, 0.4) is 0 Å². The zero-order valence-electron chi connectivity index (χ0n) is 10.5. The molecule has 7 heteroatoms. The van der Waals surface area contributed by atoms with E-state index in [1.807, 2.05) is 12.3 Å². The topological polar surface area (TPSA) is 24.9 Å². The molecule has 0 saturated heterocycles. The van der Waals surface area contributed by atoms with Gasteiger partial charge in [-0.25, -0.2) is 4.98 Å². The van der Waals surface area contributed by atoms with Crippen LogP contribution in [0.1, 0.15) is 30.0 Å². The van der Waals surface area contributed by atoms with Crippen molar-refractivity contribution in [3.05, 3.63) is 44.8 Å². The zero-order valence-corrected chi connectivity index (χ0v) is 12.9. The number of hydrogen-bond acceptors (Lipinski definition) is 3. The number of nitrogens with zero attached hydrogens (tertiary/aromatic N) is 1. The standard InChI is InChI=1S/C13H12BrF3N2S/c1-2-10(12-18-5-6-20-12)19-11-7-8(14)3-4-9(11)13(15,16)17/h3-7,10,19H,2H2,1H3. The highest BCUT2D eigenvalue weighted by atomic mass is 79.9. The molecule has 0 spiro atoms. The van der Waals surface area contributed by atoms with E-state index in [1.54, 1.807) is 6.20 Å². The maximum Gasteiger partial charge on any atom is 0.418 e. The van der Waals surface area contributed by atoms with Gasteiger partial charge in [-0.1, -0.05) is 22.9 Å². The van der Waals surface area contributed by atoms with E-state index in [-0.39, 0.29) is 11.7 Å². The summed E-state index contributed by atoms with van der Waals surface area (Å²) in [6.45, 7) is 1.91. The fourth-order valence-electron chi connectivity index (χ4n) is 1.82. The van der Waals surface area contributed by atoms with Gasteiger partial charge in [-0.05, 0) is 24.6 Å². The van der Waals surface area contributed by atoms with Crippen LogP contribution in [0.15, 0.2) is 34.2 Å². The van der Waals surface area contributed by atoms with Gasteiger partial charge in [0.15, 0.2) is 0 Å². The highest BCUT2D eigenvalue weighted by molar-refractivity contribution is 9.10. The first-order valence-electron chi connectivity index (χ1n) is 5.94. The second kappa shape index (κ2) is 6.13. The van der Waals surface area contributed by atoms with Gasteiger partial charge in [-0.2, -0.15) is 13.2 Å². The first-order valence-corrected chi connectivity index (χ1v) is 7.61. The molecule has 1 atom stereocenters. The fourth-order valence-corrected chi connectivity index (χ4v) is 2.95. The molecule has 2 aromatic rings. The van der Waals surface area contributed by atoms with Crippen molar-refractivity contribution in [1.82, 2.24) is 4.98 Å². The van der Waals surface area contributed by atoms with Gasteiger partial charge in [-0.15, -0.1) is 11.3 Å². The van der Waals surface area contributed by atoms with E-state index < -0.39 is 11.7 Å². The van der Waals surface area contributed by atoms with Gasteiger partial charge < -0.3 is 5.32 Å². The van der Waals surface area contributed by atoms with Gasteiger partial charge in [0.2, 0.25) is 0 Å². The Balaban J connectivity index is 2.34. The van der Waals surface area contributed by atoms with Crippen molar-refractivity contribution >= 4 is 33.0 Å². The predicted octanol–water partition coefficient (Wildman–Crippen LogP) is 5.49. The quantitative estimate of drug-likeness (QED) is 0.775. The first-order chi connectivity index (χ1) is 9.41. The van der Waals surface area contributed by atoms with E-state index in [0.29, 0.717) is 10.9 Å². The van der Waals surface area contributed by atoms with Crippen LogP contribution in [-0.2, 0) is 6.18 Å². The summed E-state index contributed by atoms with van der Waals surface area (Å²) >= 11 is 4.63. The van der Waals surface area contributed by atoms with Crippen molar-refractivity contribution in [2.24, 2.45) is 0 Å². The summed E-state index contributed by atoms with van der Waals surface area (Å²) in [6.07, 6.45) is -2.09. The highest BCUT2D eigenvalue weighted by Gasteiger charge is 2.34. The fraction of sp³-hybridized carbons (Fsp3) is 0.308. The third kappa shape index (κ3) is 3.52. The lowest BCUT2D eigenvalue weighted by Crippen LogP contribution is -2.15. The Labute approximate surface area is 127 Å². The van der Waals surface area contributed by atoms with Crippen molar-refractivity contribution < 1.29 is 13.2 Å². The molecule has 0 bridgehead atoms. The normalized spacial score (nSPS) is 13.2. The third-order valence-electron chi connectivity index (χ3n) is 2.77. The Morgan fingerprint density at radius 2 is 2.15 bits per heavy atom. The number of nitrogens with one attached hydrogen (secondary N) is 1. The average molecular weight is 365 g/mol. The second-order valence-electron chi connectivity index (χ2n) is 4.16. The number of anilines is 1. The maximum absolute atomic E-state index is 13.0. The third-order valence-corrected chi connectivity index (χ3v) is 4.16. The molecule has 0 aliphatic rings. The van der Waals surface area contributed by atoms with Gasteiger partial charge in [-0.3, -0.25) is 0 Å². The molecule has 0 amide bonds. The summed E-state index contributed by atoms with van der Waals surface area (Å²) in [7, 11) is 0. The number of aromatic nitrogens is 1. The molecule has 20 heavy (non-hydrogen) atoms. The van der Waals surface area contributed by atoms with E-state index in [1.165, 1.54) is 23.5 Å². The molecular weight excluding hydrogens is 353 g/mol. The molecule has 1 N–H and O–H groups in total. The number of hydrogen-bond donors (Lipinski definition) is 1. The number of thiazole rings is 1. The Hall–Kier alpha value is -1.08. The molecule has 2 rings (SSSR count). The molecule has 0 fully saturated rings. The minimum atomic E-state index is -4.38. The number of alkyl halides is 3. The SMILES string of the molecule is CCC(Nc1cc(Br)ccc1C(F)(F)F)c1nccs1. The Morgan fingerprint density at radius 3 is 2.70 bits per heavy atom. The van der Waals surface area contributed by atoms with E-state index in [4.69, 9.17) is 0 Å². The minimum absolute atomic E-state index is 0.0638. The van der Waals surface area contributed by atoms with Gasteiger partial charge >= 0.3 is 6.18 Å². The summed E-state index contributed by atoms with van der Waals surface area (Å²) in [5.74, 6) is 0. The molecular formula is C13H12BrF3N2S. The lowest BCUT2D eigenvalue weighted by atomic mass is 10.1. The lowest BCUT2D eigenvalue weighted by molar-refractivity contribution is -0.137. The lowest BCUT2D eigenvalue weighted by Gasteiger charge is -2.20. The summed E-state index contributed by atoms with van der Waals surface area (Å²) < 4.78 is 39.6. The van der Waals surface area contributed by atoms with E-state index in [2.05, 4.69) is 26.2 Å². The second-order valence-corrected chi connectivity index (χ2v) is 6.00. The number of benzene rings is 1. The van der Waals surface area contributed by atoms with Crippen LogP contribution in [-0.4, -0.2) is 4.98 Å². The largest absolute Gasteiger partial charge is 0.418 e.